The Hall–Kier alpha value is -0.240. The predicted octanol–water partition coefficient (Wildman–Crippen LogP) is 1.07. The summed E-state index contributed by atoms with van der Waals surface area (Å²) in [5, 5.41) is 0. The lowest BCUT2D eigenvalue weighted by Crippen LogP contribution is -2.35. The van der Waals surface area contributed by atoms with Crippen LogP contribution in [-0.4, -0.2) is 126 Å². The van der Waals surface area contributed by atoms with Gasteiger partial charge in [-0.05, 0) is 66.0 Å². The Morgan fingerprint density at radius 1 is 0.577 bits per heavy atom. The molecule has 2 aliphatic rings. The molecule has 6 heteroatoms. The Labute approximate surface area is 161 Å². The molecule has 0 aromatic rings. The molecular weight excluding hydrogens is 328 g/mol. The first kappa shape index (κ1) is 22.1. The third-order valence-corrected chi connectivity index (χ3v) is 5.60. The highest BCUT2D eigenvalue weighted by Gasteiger charge is 2.11. The average molecular weight is 371 g/mol. The maximum absolute atomic E-state index is 5.79. The molecule has 2 rings (SSSR count). The van der Waals surface area contributed by atoms with E-state index < -0.39 is 0 Å². The van der Waals surface area contributed by atoms with Gasteiger partial charge < -0.3 is 29.1 Å². The fraction of sp³-hybridized carbons (Fsp3) is 1.00. The molecule has 0 atom stereocenters. The summed E-state index contributed by atoms with van der Waals surface area (Å²) in [6.07, 6.45) is 5.44. The van der Waals surface area contributed by atoms with Gasteiger partial charge in [0, 0.05) is 39.3 Å². The van der Waals surface area contributed by atoms with Gasteiger partial charge >= 0.3 is 0 Å². The zero-order valence-corrected chi connectivity index (χ0v) is 17.3. The van der Waals surface area contributed by atoms with Gasteiger partial charge in [0.1, 0.15) is 0 Å². The molecule has 2 aliphatic heterocycles. The standard InChI is InChI=1S/C20H42N4O2/c1-21(13-17-25-19-15-23-7-3-4-8-23)11-12-22(2)14-18-26-20-16-24-9-5-6-10-24/h3-20H2,1-2H3. The van der Waals surface area contributed by atoms with Crippen LogP contribution in [0.1, 0.15) is 25.7 Å². The summed E-state index contributed by atoms with van der Waals surface area (Å²) in [5.74, 6) is 0. The van der Waals surface area contributed by atoms with E-state index in [1.165, 1.54) is 51.9 Å². The molecule has 2 fully saturated rings. The molecule has 0 spiro atoms. The molecule has 0 bridgehead atoms. The molecular formula is C20H42N4O2. The van der Waals surface area contributed by atoms with Gasteiger partial charge in [0.2, 0.25) is 0 Å². The molecule has 0 amide bonds. The summed E-state index contributed by atoms with van der Waals surface area (Å²) >= 11 is 0. The van der Waals surface area contributed by atoms with E-state index in [-0.39, 0.29) is 0 Å². The average Bonchev–Trinajstić information content (AvgIpc) is 3.33. The second-order valence-electron chi connectivity index (χ2n) is 7.93. The van der Waals surface area contributed by atoms with Crippen molar-refractivity contribution in [3.05, 3.63) is 0 Å². The summed E-state index contributed by atoms with van der Waals surface area (Å²) in [6.45, 7) is 14.9. The Kier molecular flexibility index (Phi) is 11.8. The minimum Gasteiger partial charge on any atom is -0.379 e. The van der Waals surface area contributed by atoms with Crippen molar-refractivity contribution in [2.45, 2.75) is 25.7 Å². The van der Waals surface area contributed by atoms with Gasteiger partial charge in [0.05, 0.1) is 26.4 Å². The first-order chi connectivity index (χ1) is 12.7. The normalized spacial score (nSPS) is 19.4. The molecule has 0 aliphatic carbocycles. The van der Waals surface area contributed by atoms with E-state index in [1.54, 1.807) is 0 Å². The van der Waals surface area contributed by atoms with Gasteiger partial charge in [0.25, 0.3) is 0 Å². The maximum atomic E-state index is 5.79. The minimum atomic E-state index is 0.841. The molecule has 0 radical (unpaired) electrons. The zero-order valence-electron chi connectivity index (χ0n) is 17.3. The van der Waals surface area contributed by atoms with Crippen LogP contribution in [-0.2, 0) is 9.47 Å². The number of hydrogen-bond donors (Lipinski definition) is 0. The number of likely N-dealkylation sites (N-methyl/N-ethyl adjacent to an activating group) is 2. The summed E-state index contributed by atoms with van der Waals surface area (Å²) in [5.41, 5.74) is 0. The Morgan fingerprint density at radius 3 is 1.35 bits per heavy atom. The molecule has 6 nitrogen and oxygen atoms in total. The number of hydrogen-bond acceptors (Lipinski definition) is 6. The molecule has 2 heterocycles. The van der Waals surface area contributed by atoms with Crippen molar-refractivity contribution in [3.63, 3.8) is 0 Å². The molecule has 0 aromatic heterocycles. The summed E-state index contributed by atoms with van der Waals surface area (Å²) in [4.78, 5) is 9.74. The third kappa shape index (κ3) is 10.2. The Balaban J connectivity index is 1.34. The second-order valence-corrected chi connectivity index (χ2v) is 7.93. The monoisotopic (exact) mass is 370 g/mol. The SMILES string of the molecule is CN(CCOCCN1CCCC1)CCN(C)CCOCCN1CCCC1. The zero-order chi connectivity index (χ0) is 18.5. The highest BCUT2D eigenvalue weighted by Crippen LogP contribution is 2.06. The minimum absolute atomic E-state index is 0.841. The molecule has 0 saturated carbocycles. The molecule has 0 N–H and O–H groups in total. The fourth-order valence-electron chi connectivity index (χ4n) is 3.61. The lowest BCUT2D eigenvalue weighted by atomic mass is 10.4. The van der Waals surface area contributed by atoms with E-state index in [2.05, 4.69) is 33.7 Å². The maximum Gasteiger partial charge on any atom is 0.0594 e. The molecule has 2 saturated heterocycles. The first-order valence-corrected chi connectivity index (χ1v) is 10.7. The van der Waals surface area contributed by atoms with Crippen molar-refractivity contribution >= 4 is 0 Å². The van der Waals surface area contributed by atoms with E-state index in [0.29, 0.717) is 0 Å². The van der Waals surface area contributed by atoms with Crippen molar-refractivity contribution in [3.8, 4) is 0 Å². The van der Waals surface area contributed by atoms with Gasteiger partial charge in [-0.3, -0.25) is 0 Å². The quantitative estimate of drug-likeness (QED) is 0.401. The number of likely N-dealkylation sites (tertiary alicyclic amines) is 2. The van der Waals surface area contributed by atoms with Crippen molar-refractivity contribution in [1.29, 1.82) is 0 Å². The van der Waals surface area contributed by atoms with E-state index in [4.69, 9.17) is 9.47 Å². The van der Waals surface area contributed by atoms with Gasteiger partial charge in [-0.1, -0.05) is 0 Å². The lowest BCUT2D eigenvalue weighted by Gasteiger charge is -2.22. The fourth-order valence-corrected chi connectivity index (χ4v) is 3.61. The van der Waals surface area contributed by atoms with E-state index in [0.717, 1.165) is 65.7 Å². The van der Waals surface area contributed by atoms with E-state index in [1.807, 2.05) is 0 Å². The smallest absolute Gasteiger partial charge is 0.0594 e. The van der Waals surface area contributed by atoms with Gasteiger partial charge in [0.15, 0.2) is 0 Å². The van der Waals surface area contributed by atoms with Gasteiger partial charge in [-0.2, -0.15) is 0 Å². The van der Waals surface area contributed by atoms with Crippen LogP contribution >= 0.6 is 0 Å². The molecule has 0 unspecified atom stereocenters. The van der Waals surface area contributed by atoms with Crippen LogP contribution < -0.4 is 0 Å². The number of ether oxygens (including phenoxy) is 2. The van der Waals surface area contributed by atoms with E-state index >= 15 is 0 Å². The predicted molar refractivity (Wildman–Crippen MR) is 108 cm³/mol. The van der Waals surface area contributed by atoms with Crippen molar-refractivity contribution in [2.24, 2.45) is 0 Å². The third-order valence-electron chi connectivity index (χ3n) is 5.60. The van der Waals surface area contributed by atoms with Crippen LogP contribution in [0.4, 0.5) is 0 Å². The van der Waals surface area contributed by atoms with Gasteiger partial charge in [-0.25, -0.2) is 0 Å². The van der Waals surface area contributed by atoms with Crippen LogP contribution in [0.2, 0.25) is 0 Å². The number of nitrogens with zero attached hydrogens (tertiary/aromatic N) is 4. The lowest BCUT2D eigenvalue weighted by molar-refractivity contribution is 0.0831. The van der Waals surface area contributed by atoms with Crippen LogP contribution in [0.15, 0.2) is 0 Å². The summed E-state index contributed by atoms with van der Waals surface area (Å²) < 4.78 is 11.6. The molecule has 154 valence electrons. The largest absolute Gasteiger partial charge is 0.379 e. The second kappa shape index (κ2) is 13.9. The van der Waals surface area contributed by atoms with Crippen LogP contribution in [0.5, 0.6) is 0 Å². The van der Waals surface area contributed by atoms with Crippen LogP contribution in [0.25, 0.3) is 0 Å². The van der Waals surface area contributed by atoms with Crippen LogP contribution in [0.3, 0.4) is 0 Å². The molecule has 26 heavy (non-hydrogen) atoms. The van der Waals surface area contributed by atoms with Gasteiger partial charge in [-0.15, -0.1) is 0 Å². The summed E-state index contributed by atoms with van der Waals surface area (Å²) in [6, 6.07) is 0. The van der Waals surface area contributed by atoms with Crippen molar-refractivity contribution in [1.82, 2.24) is 19.6 Å². The van der Waals surface area contributed by atoms with Crippen molar-refractivity contribution < 1.29 is 9.47 Å². The highest BCUT2D eigenvalue weighted by atomic mass is 16.5. The molecule has 0 aromatic carbocycles. The first-order valence-electron chi connectivity index (χ1n) is 10.7. The van der Waals surface area contributed by atoms with Crippen molar-refractivity contribution in [2.75, 3.05) is 106 Å². The number of rotatable bonds is 15. The van der Waals surface area contributed by atoms with E-state index in [9.17, 15) is 0 Å². The highest BCUT2D eigenvalue weighted by molar-refractivity contribution is 4.66. The summed E-state index contributed by atoms with van der Waals surface area (Å²) in [7, 11) is 4.37. The topological polar surface area (TPSA) is 31.4 Å². The Bertz CT molecular complexity index is 302. The Morgan fingerprint density at radius 2 is 0.962 bits per heavy atom. The van der Waals surface area contributed by atoms with Crippen LogP contribution in [0, 0.1) is 0 Å².